The van der Waals surface area contributed by atoms with Crippen LogP contribution in [0, 0.1) is 0 Å². The summed E-state index contributed by atoms with van der Waals surface area (Å²) >= 11 is 0. The Labute approximate surface area is 124 Å². The van der Waals surface area contributed by atoms with Crippen LogP contribution < -0.4 is 0 Å². The van der Waals surface area contributed by atoms with Crippen LogP contribution in [0.4, 0.5) is 0 Å². The van der Waals surface area contributed by atoms with E-state index in [1.165, 1.54) is 0 Å². The van der Waals surface area contributed by atoms with Crippen molar-refractivity contribution >= 4 is 6.29 Å². The lowest BCUT2D eigenvalue weighted by Gasteiger charge is -2.23. The van der Waals surface area contributed by atoms with E-state index < -0.39 is 12.1 Å². The smallest absolute Gasteiger partial charge is 0.187 e. The van der Waals surface area contributed by atoms with Gasteiger partial charge >= 0.3 is 0 Å². The highest BCUT2D eigenvalue weighted by atomic mass is 16.8. The molecule has 2 heterocycles. The van der Waals surface area contributed by atoms with E-state index in [0.717, 1.165) is 11.8 Å². The Morgan fingerprint density at radius 1 is 1.19 bits per heavy atom. The van der Waals surface area contributed by atoms with Crippen molar-refractivity contribution in [1.82, 2.24) is 0 Å². The molecule has 0 aromatic heterocycles. The van der Waals surface area contributed by atoms with Gasteiger partial charge in [0.1, 0.15) is 18.5 Å². The molecule has 0 saturated carbocycles. The molecule has 2 fully saturated rings. The molecule has 21 heavy (non-hydrogen) atoms. The van der Waals surface area contributed by atoms with Crippen molar-refractivity contribution in [3.8, 4) is 0 Å². The first-order valence-corrected chi connectivity index (χ1v) is 7.19. The maximum absolute atomic E-state index is 10.8. The van der Waals surface area contributed by atoms with Crippen molar-refractivity contribution in [3.63, 3.8) is 0 Å². The molecular formula is C16H20O5. The second-order valence-electron chi connectivity index (χ2n) is 5.81. The Morgan fingerprint density at radius 2 is 1.90 bits per heavy atom. The Kier molecular flexibility index (Phi) is 4.08. The van der Waals surface area contributed by atoms with Gasteiger partial charge in [0.2, 0.25) is 0 Å². The zero-order valence-corrected chi connectivity index (χ0v) is 12.2. The molecule has 0 radical (unpaired) electrons. The monoisotopic (exact) mass is 292 g/mol. The van der Waals surface area contributed by atoms with Crippen LogP contribution in [0.5, 0.6) is 0 Å². The van der Waals surface area contributed by atoms with Gasteiger partial charge in [-0.25, -0.2) is 0 Å². The first-order chi connectivity index (χ1) is 10.1. The fourth-order valence-corrected chi connectivity index (χ4v) is 2.81. The van der Waals surface area contributed by atoms with E-state index in [1.807, 2.05) is 44.2 Å². The minimum Gasteiger partial charge on any atom is -0.345 e. The van der Waals surface area contributed by atoms with Crippen LogP contribution in [-0.4, -0.2) is 36.7 Å². The van der Waals surface area contributed by atoms with Crippen LogP contribution in [0.25, 0.3) is 0 Å². The maximum atomic E-state index is 10.8. The van der Waals surface area contributed by atoms with E-state index >= 15 is 0 Å². The number of hydrogen-bond acceptors (Lipinski definition) is 5. The molecule has 3 rings (SSSR count). The zero-order valence-electron chi connectivity index (χ0n) is 12.2. The normalized spacial score (nSPS) is 33.8. The third-order valence-electron chi connectivity index (χ3n) is 3.69. The first-order valence-electron chi connectivity index (χ1n) is 7.19. The van der Waals surface area contributed by atoms with Crippen molar-refractivity contribution < 1.29 is 23.7 Å². The van der Waals surface area contributed by atoms with Crippen LogP contribution >= 0.6 is 0 Å². The molecule has 5 heteroatoms. The van der Waals surface area contributed by atoms with Crippen LogP contribution in [0.1, 0.15) is 25.8 Å². The van der Waals surface area contributed by atoms with E-state index in [2.05, 4.69) is 0 Å². The second kappa shape index (κ2) is 5.85. The average molecular weight is 292 g/mol. The summed E-state index contributed by atoms with van der Waals surface area (Å²) in [5.41, 5.74) is 1.06. The molecule has 0 unspecified atom stereocenters. The molecule has 2 aliphatic rings. The Morgan fingerprint density at radius 3 is 2.62 bits per heavy atom. The molecule has 114 valence electrons. The molecule has 0 amide bonds. The topological polar surface area (TPSA) is 54.0 Å². The number of carbonyl (C=O) groups is 1. The lowest BCUT2D eigenvalue weighted by Crippen LogP contribution is -2.31. The molecule has 0 bridgehead atoms. The lowest BCUT2D eigenvalue weighted by molar-refractivity contribution is -0.236. The highest BCUT2D eigenvalue weighted by Gasteiger charge is 2.55. The Balaban J connectivity index is 1.66. The quantitative estimate of drug-likeness (QED) is 0.777. The Hall–Kier alpha value is -1.27. The maximum Gasteiger partial charge on any atom is 0.187 e. The summed E-state index contributed by atoms with van der Waals surface area (Å²) in [6.45, 7) is 4.15. The number of rotatable bonds is 5. The number of benzene rings is 1. The molecule has 5 nitrogen and oxygen atoms in total. The predicted octanol–water partition coefficient (Wildman–Crippen LogP) is 2.04. The highest BCUT2D eigenvalue weighted by molar-refractivity contribution is 5.50. The number of ether oxygens (including phenoxy) is 4. The minimum atomic E-state index is -0.672. The van der Waals surface area contributed by atoms with Crippen molar-refractivity contribution in [2.75, 3.05) is 0 Å². The molecular weight excluding hydrogens is 272 g/mol. The standard InChI is InChI=1S/C16H20O5/c1-16(2)20-13-12(8-9-17)19-15(14(13)21-16)18-10-11-6-4-3-5-7-11/h3-7,9,12-15H,8,10H2,1-2H3/t12-,13+,14+,15+/m1/s1. The zero-order chi connectivity index (χ0) is 14.9. The van der Waals surface area contributed by atoms with Gasteiger partial charge in [0, 0.05) is 6.42 Å². The summed E-state index contributed by atoms with van der Waals surface area (Å²) in [6, 6.07) is 9.87. The molecule has 4 atom stereocenters. The third kappa shape index (κ3) is 3.16. The number of hydrogen-bond donors (Lipinski definition) is 0. The molecule has 2 saturated heterocycles. The molecule has 0 spiro atoms. The van der Waals surface area contributed by atoms with E-state index in [0.29, 0.717) is 6.61 Å². The van der Waals surface area contributed by atoms with E-state index in [9.17, 15) is 4.79 Å². The number of carbonyl (C=O) groups excluding carboxylic acids is 1. The van der Waals surface area contributed by atoms with Crippen LogP contribution in [0.15, 0.2) is 30.3 Å². The molecule has 0 aliphatic carbocycles. The van der Waals surface area contributed by atoms with Crippen LogP contribution in [0.3, 0.4) is 0 Å². The van der Waals surface area contributed by atoms with Gasteiger partial charge in [-0.15, -0.1) is 0 Å². The van der Waals surface area contributed by atoms with Crippen molar-refractivity contribution in [3.05, 3.63) is 35.9 Å². The van der Waals surface area contributed by atoms with Gasteiger partial charge in [-0.05, 0) is 19.4 Å². The van der Waals surface area contributed by atoms with E-state index in [-0.39, 0.29) is 24.7 Å². The summed E-state index contributed by atoms with van der Waals surface area (Å²) < 4.78 is 23.3. The van der Waals surface area contributed by atoms with Crippen molar-refractivity contribution in [2.45, 2.75) is 57.3 Å². The third-order valence-corrected chi connectivity index (χ3v) is 3.69. The van der Waals surface area contributed by atoms with Gasteiger partial charge in [0.05, 0.1) is 12.7 Å². The van der Waals surface area contributed by atoms with Crippen LogP contribution in [-0.2, 0) is 30.3 Å². The summed E-state index contributed by atoms with van der Waals surface area (Å²) in [5.74, 6) is -0.672. The van der Waals surface area contributed by atoms with E-state index in [4.69, 9.17) is 18.9 Å². The average Bonchev–Trinajstić information content (AvgIpc) is 2.93. The second-order valence-corrected chi connectivity index (χ2v) is 5.81. The molecule has 0 N–H and O–H groups in total. The highest BCUT2D eigenvalue weighted by Crippen LogP contribution is 2.40. The fourth-order valence-electron chi connectivity index (χ4n) is 2.81. The summed E-state index contributed by atoms with van der Waals surface area (Å²) in [4.78, 5) is 10.8. The predicted molar refractivity (Wildman–Crippen MR) is 74.4 cm³/mol. The summed E-state index contributed by atoms with van der Waals surface area (Å²) in [7, 11) is 0. The van der Waals surface area contributed by atoms with Crippen molar-refractivity contribution in [1.29, 1.82) is 0 Å². The SMILES string of the molecule is CC1(C)O[C@@H]2[C@@H](OCc3ccccc3)O[C@H](CC=O)[C@@H]2O1. The minimum absolute atomic E-state index is 0.258. The van der Waals surface area contributed by atoms with Gasteiger partial charge in [0.15, 0.2) is 12.1 Å². The first kappa shape index (κ1) is 14.7. The van der Waals surface area contributed by atoms with Gasteiger partial charge in [-0.2, -0.15) is 0 Å². The molecule has 1 aromatic rings. The molecule has 1 aromatic carbocycles. The van der Waals surface area contributed by atoms with Gasteiger partial charge in [-0.3, -0.25) is 0 Å². The molecule has 2 aliphatic heterocycles. The van der Waals surface area contributed by atoms with E-state index in [1.54, 1.807) is 0 Å². The summed E-state index contributed by atoms with van der Waals surface area (Å²) in [6.07, 6.45) is -0.251. The van der Waals surface area contributed by atoms with Gasteiger partial charge < -0.3 is 23.7 Å². The lowest BCUT2D eigenvalue weighted by atomic mass is 10.1. The fraction of sp³-hybridized carbons (Fsp3) is 0.562. The van der Waals surface area contributed by atoms with Gasteiger partial charge in [-0.1, -0.05) is 30.3 Å². The Bertz CT molecular complexity index is 487. The number of aldehydes is 1. The van der Waals surface area contributed by atoms with Crippen molar-refractivity contribution in [2.24, 2.45) is 0 Å². The number of fused-ring (bicyclic) bond motifs is 1. The summed E-state index contributed by atoms with van der Waals surface area (Å²) in [5, 5.41) is 0. The van der Waals surface area contributed by atoms with Gasteiger partial charge in [0.25, 0.3) is 0 Å². The van der Waals surface area contributed by atoms with Crippen LogP contribution in [0.2, 0.25) is 0 Å². The largest absolute Gasteiger partial charge is 0.345 e.